The van der Waals surface area contributed by atoms with Gasteiger partial charge in [-0.15, -0.1) is 0 Å². The maximum Gasteiger partial charge on any atom is 0.265 e. The number of halogens is 1. The van der Waals surface area contributed by atoms with Crippen molar-refractivity contribution in [2.45, 2.75) is 6.92 Å². The van der Waals surface area contributed by atoms with Crippen LogP contribution in [0.3, 0.4) is 0 Å². The summed E-state index contributed by atoms with van der Waals surface area (Å²) in [6.45, 7) is 8.82. The van der Waals surface area contributed by atoms with Gasteiger partial charge in [0.25, 0.3) is 17.7 Å². The molecule has 2 aromatic rings. The SMILES string of the molecule is C=C1C(=C)C(=O)N(c2cccc(N(C=O)C(=O)c3ccc(Cl)cc3C)c2)C1=O. The van der Waals surface area contributed by atoms with E-state index in [4.69, 9.17) is 11.6 Å². The lowest BCUT2D eigenvalue weighted by Gasteiger charge is -2.20. The maximum absolute atomic E-state index is 12.8. The molecule has 0 unspecified atom stereocenters. The van der Waals surface area contributed by atoms with Crippen LogP contribution in [0.2, 0.25) is 5.02 Å². The molecule has 1 heterocycles. The van der Waals surface area contributed by atoms with Gasteiger partial charge in [-0.25, -0.2) is 9.80 Å². The van der Waals surface area contributed by atoms with Gasteiger partial charge in [0.1, 0.15) is 0 Å². The average molecular weight is 395 g/mol. The number of carbonyl (C=O) groups is 4. The van der Waals surface area contributed by atoms with Crippen LogP contribution in [0, 0.1) is 6.92 Å². The second kappa shape index (κ2) is 7.25. The Hall–Kier alpha value is -3.51. The van der Waals surface area contributed by atoms with Crippen LogP contribution in [-0.4, -0.2) is 24.1 Å². The van der Waals surface area contributed by atoms with Gasteiger partial charge >= 0.3 is 0 Å². The lowest BCUT2D eigenvalue weighted by Crippen LogP contribution is -2.31. The van der Waals surface area contributed by atoms with Crippen molar-refractivity contribution < 1.29 is 19.2 Å². The summed E-state index contributed by atoms with van der Waals surface area (Å²) in [5.74, 6) is -1.75. The van der Waals surface area contributed by atoms with Crippen LogP contribution in [0.15, 0.2) is 66.8 Å². The number of nitrogens with zero attached hydrogens (tertiary/aromatic N) is 2. The molecule has 140 valence electrons. The third-order valence-corrected chi connectivity index (χ3v) is 4.63. The summed E-state index contributed by atoms with van der Waals surface area (Å²) in [6, 6.07) is 10.7. The first-order chi connectivity index (χ1) is 13.3. The molecule has 0 atom stereocenters. The summed E-state index contributed by atoms with van der Waals surface area (Å²) in [4.78, 5) is 50.9. The Morgan fingerprint density at radius 1 is 1.07 bits per heavy atom. The summed E-state index contributed by atoms with van der Waals surface area (Å²) in [5.41, 5.74) is 1.34. The number of benzene rings is 2. The van der Waals surface area contributed by atoms with Crippen molar-refractivity contribution in [2.75, 3.05) is 9.80 Å². The van der Waals surface area contributed by atoms with Crippen molar-refractivity contribution in [1.29, 1.82) is 0 Å². The minimum Gasteiger partial charge on any atom is -0.278 e. The topological polar surface area (TPSA) is 74.8 Å². The van der Waals surface area contributed by atoms with E-state index < -0.39 is 17.7 Å². The van der Waals surface area contributed by atoms with Gasteiger partial charge in [-0.2, -0.15) is 0 Å². The first kappa shape index (κ1) is 19.3. The largest absolute Gasteiger partial charge is 0.278 e. The van der Waals surface area contributed by atoms with Crippen LogP contribution >= 0.6 is 11.6 Å². The number of hydrogen-bond acceptors (Lipinski definition) is 4. The molecule has 7 heteroatoms. The summed E-state index contributed by atoms with van der Waals surface area (Å²) >= 11 is 5.92. The second-order valence-corrected chi connectivity index (χ2v) is 6.60. The van der Waals surface area contributed by atoms with Crippen molar-refractivity contribution >= 4 is 47.1 Å². The number of anilines is 2. The van der Waals surface area contributed by atoms with Crippen LogP contribution in [0.4, 0.5) is 11.4 Å². The quantitative estimate of drug-likeness (QED) is 0.452. The molecule has 0 bridgehead atoms. The second-order valence-electron chi connectivity index (χ2n) is 6.16. The van der Waals surface area contributed by atoms with Crippen molar-refractivity contribution in [3.05, 3.63) is 82.9 Å². The van der Waals surface area contributed by atoms with Crippen LogP contribution in [0.5, 0.6) is 0 Å². The predicted molar refractivity (Wildman–Crippen MR) is 106 cm³/mol. The smallest absolute Gasteiger partial charge is 0.265 e. The summed E-state index contributed by atoms with van der Waals surface area (Å²) < 4.78 is 0. The minimum atomic E-state index is -0.593. The zero-order valence-electron chi connectivity index (χ0n) is 14.9. The molecule has 0 aliphatic carbocycles. The van der Waals surface area contributed by atoms with E-state index in [0.29, 0.717) is 22.6 Å². The van der Waals surface area contributed by atoms with Gasteiger partial charge in [0.15, 0.2) is 0 Å². The first-order valence-corrected chi connectivity index (χ1v) is 8.56. The van der Waals surface area contributed by atoms with Crippen molar-refractivity contribution in [2.24, 2.45) is 0 Å². The number of rotatable bonds is 4. The third kappa shape index (κ3) is 3.14. The Kier molecular flexibility index (Phi) is 4.98. The predicted octanol–water partition coefficient (Wildman–Crippen LogP) is 3.44. The van der Waals surface area contributed by atoms with Gasteiger partial charge < -0.3 is 0 Å². The molecule has 28 heavy (non-hydrogen) atoms. The monoisotopic (exact) mass is 394 g/mol. The Labute approximate surface area is 166 Å². The molecule has 2 aromatic carbocycles. The highest BCUT2D eigenvalue weighted by Crippen LogP contribution is 2.31. The molecule has 1 aliphatic heterocycles. The lowest BCUT2D eigenvalue weighted by molar-refractivity contribution is -0.119. The molecule has 3 rings (SSSR count). The fourth-order valence-electron chi connectivity index (χ4n) is 2.86. The van der Waals surface area contributed by atoms with E-state index in [1.165, 1.54) is 30.3 Å². The molecule has 0 aromatic heterocycles. The molecule has 1 aliphatic rings. The molecule has 1 fully saturated rings. The van der Waals surface area contributed by atoms with Crippen LogP contribution < -0.4 is 9.80 Å². The highest BCUT2D eigenvalue weighted by molar-refractivity contribution is 6.36. The average Bonchev–Trinajstić information content (AvgIpc) is 2.85. The minimum absolute atomic E-state index is 0.00973. The van der Waals surface area contributed by atoms with Gasteiger partial charge in [-0.1, -0.05) is 30.8 Å². The van der Waals surface area contributed by atoms with Crippen molar-refractivity contribution in [3.63, 3.8) is 0 Å². The molecule has 0 N–H and O–H groups in total. The lowest BCUT2D eigenvalue weighted by atomic mass is 10.1. The zero-order chi connectivity index (χ0) is 20.6. The number of carbonyl (C=O) groups excluding carboxylic acids is 4. The van der Waals surface area contributed by atoms with Crippen molar-refractivity contribution in [1.82, 2.24) is 0 Å². The van der Waals surface area contributed by atoms with Crippen LogP contribution in [0.1, 0.15) is 15.9 Å². The molecule has 0 spiro atoms. The number of amides is 4. The first-order valence-electron chi connectivity index (χ1n) is 8.18. The van der Waals surface area contributed by atoms with E-state index in [1.54, 1.807) is 19.1 Å². The molecule has 1 saturated heterocycles. The number of imide groups is 2. The van der Waals surface area contributed by atoms with E-state index in [0.717, 1.165) is 9.80 Å². The summed E-state index contributed by atoms with van der Waals surface area (Å²) in [6.07, 6.45) is 0.376. The normalized spacial score (nSPS) is 13.9. The summed E-state index contributed by atoms with van der Waals surface area (Å²) in [7, 11) is 0. The fraction of sp³-hybridized carbons (Fsp3) is 0.0476. The highest BCUT2D eigenvalue weighted by atomic mass is 35.5. The van der Waals surface area contributed by atoms with Gasteiger partial charge in [-0.05, 0) is 48.9 Å². The molecular weight excluding hydrogens is 380 g/mol. The number of hydrogen-bond donors (Lipinski definition) is 0. The third-order valence-electron chi connectivity index (χ3n) is 4.40. The van der Waals surface area contributed by atoms with Gasteiger partial charge in [0, 0.05) is 21.7 Å². The number of aryl methyl sites for hydroxylation is 1. The van der Waals surface area contributed by atoms with Gasteiger partial charge in [0.2, 0.25) is 6.41 Å². The van der Waals surface area contributed by atoms with Crippen molar-refractivity contribution in [3.8, 4) is 0 Å². The van der Waals surface area contributed by atoms with Crippen LogP contribution in [0.25, 0.3) is 0 Å². The van der Waals surface area contributed by atoms with Gasteiger partial charge in [-0.3, -0.25) is 19.2 Å². The van der Waals surface area contributed by atoms with E-state index in [1.807, 2.05) is 0 Å². The Balaban J connectivity index is 2.00. The standard InChI is InChI=1S/C21H15ClN2O4/c1-12-9-15(22)7-8-18(12)21(28)23(11-25)16-5-4-6-17(10-16)24-19(26)13(2)14(3)20(24)27/h4-11H,2-3H2,1H3. The molecule has 6 nitrogen and oxygen atoms in total. The Bertz CT molecular complexity index is 1050. The fourth-order valence-corrected chi connectivity index (χ4v) is 3.09. The summed E-state index contributed by atoms with van der Waals surface area (Å²) in [5, 5.41) is 0.472. The maximum atomic E-state index is 12.8. The Morgan fingerprint density at radius 3 is 2.29 bits per heavy atom. The van der Waals surface area contributed by atoms with E-state index in [9.17, 15) is 19.2 Å². The van der Waals surface area contributed by atoms with Crippen LogP contribution in [-0.2, 0) is 14.4 Å². The zero-order valence-corrected chi connectivity index (χ0v) is 15.7. The van der Waals surface area contributed by atoms with Gasteiger partial charge in [0.05, 0.1) is 11.4 Å². The van der Waals surface area contributed by atoms with E-state index in [-0.39, 0.29) is 22.5 Å². The Morgan fingerprint density at radius 2 is 1.71 bits per heavy atom. The molecule has 4 amide bonds. The highest BCUT2D eigenvalue weighted by Gasteiger charge is 2.37. The molecule has 0 radical (unpaired) electrons. The van der Waals surface area contributed by atoms with E-state index >= 15 is 0 Å². The molecular formula is C21H15ClN2O4. The molecule has 0 saturated carbocycles. The van der Waals surface area contributed by atoms with E-state index in [2.05, 4.69) is 13.2 Å².